The van der Waals surface area contributed by atoms with E-state index >= 15 is 0 Å². The third-order valence-corrected chi connectivity index (χ3v) is 1.60. The molecule has 0 bridgehead atoms. The number of hydrogen-bond donors (Lipinski definition) is 1. The first-order valence-electron chi connectivity index (χ1n) is 4.18. The Bertz CT molecular complexity index is 256. The van der Waals surface area contributed by atoms with Crippen LogP contribution in [0.4, 0.5) is 0 Å². The number of hydrogen-bond acceptors (Lipinski definition) is 4. The summed E-state index contributed by atoms with van der Waals surface area (Å²) in [4.78, 5) is 11.0. The van der Waals surface area contributed by atoms with Crippen LogP contribution in [0.5, 0.6) is 0 Å². The predicted molar refractivity (Wildman–Crippen MR) is 46.9 cm³/mol. The van der Waals surface area contributed by atoms with Gasteiger partial charge in [0, 0.05) is 0 Å². The van der Waals surface area contributed by atoms with Crippen molar-refractivity contribution in [3.63, 3.8) is 0 Å². The van der Waals surface area contributed by atoms with Gasteiger partial charge in [-0.3, -0.25) is 4.79 Å². The molecule has 0 aliphatic carbocycles. The van der Waals surface area contributed by atoms with Crippen molar-refractivity contribution in [3.05, 3.63) is 24.2 Å². The van der Waals surface area contributed by atoms with Gasteiger partial charge >= 0.3 is 5.97 Å². The fraction of sp³-hybridized carbons (Fsp3) is 0.444. The highest BCUT2D eigenvalue weighted by Gasteiger charge is 2.14. The first-order chi connectivity index (χ1) is 6.24. The largest absolute Gasteiger partial charge is 0.468 e. The second-order valence-corrected chi connectivity index (χ2v) is 2.63. The molecule has 0 saturated heterocycles. The zero-order chi connectivity index (χ0) is 9.68. The number of carbonyl (C=O) groups excluding carboxylic acids is 1. The van der Waals surface area contributed by atoms with Gasteiger partial charge in [-0.05, 0) is 19.1 Å². The van der Waals surface area contributed by atoms with Crippen LogP contribution < -0.4 is 5.73 Å². The molecular formula is C9H13NO3. The molecule has 4 heteroatoms. The molecule has 1 aromatic rings. The Morgan fingerprint density at radius 2 is 2.54 bits per heavy atom. The van der Waals surface area contributed by atoms with Crippen LogP contribution in [0.3, 0.4) is 0 Å². The minimum absolute atomic E-state index is 0.154. The van der Waals surface area contributed by atoms with E-state index in [0.717, 1.165) is 0 Å². The molecular weight excluding hydrogens is 170 g/mol. The van der Waals surface area contributed by atoms with E-state index in [0.29, 0.717) is 12.4 Å². The summed E-state index contributed by atoms with van der Waals surface area (Å²) in [6, 6.07) is 3.07. The molecule has 1 rings (SSSR count). The SMILES string of the molecule is CCOC(=O)C[C@@H](N)c1ccco1. The molecule has 0 aliphatic heterocycles. The molecule has 0 aromatic carbocycles. The maximum atomic E-state index is 11.0. The number of nitrogens with two attached hydrogens (primary N) is 1. The van der Waals surface area contributed by atoms with Crippen LogP contribution in [-0.4, -0.2) is 12.6 Å². The molecule has 4 nitrogen and oxygen atoms in total. The van der Waals surface area contributed by atoms with Gasteiger partial charge in [-0.2, -0.15) is 0 Å². The Morgan fingerprint density at radius 1 is 1.77 bits per heavy atom. The molecule has 13 heavy (non-hydrogen) atoms. The highest BCUT2D eigenvalue weighted by atomic mass is 16.5. The Hall–Kier alpha value is -1.29. The smallest absolute Gasteiger partial charge is 0.307 e. The van der Waals surface area contributed by atoms with E-state index in [1.165, 1.54) is 6.26 Å². The van der Waals surface area contributed by atoms with Crippen molar-refractivity contribution in [2.45, 2.75) is 19.4 Å². The molecule has 0 fully saturated rings. The second kappa shape index (κ2) is 4.67. The van der Waals surface area contributed by atoms with E-state index in [1.807, 2.05) is 0 Å². The average molecular weight is 183 g/mol. The van der Waals surface area contributed by atoms with Crippen LogP contribution in [0.2, 0.25) is 0 Å². The Labute approximate surface area is 76.7 Å². The number of ether oxygens (including phenoxy) is 1. The van der Waals surface area contributed by atoms with Gasteiger partial charge < -0.3 is 14.9 Å². The van der Waals surface area contributed by atoms with Gasteiger partial charge in [0.05, 0.1) is 25.3 Å². The lowest BCUT2D eigenvalue weighted by atomic mass is 10.2. The maximum Gasteiger partial charge on any atom is 0.307 e. The van der Waals surface area contributed by atoms with Crippen LogP contribution in [0, 0.1) is 0 Å². The molecule has 0 spiro atoms. The van der Waals surface area contributed by atoms with Gasteiger partial charge in [-0.1, -0.05) is 0 Å². The highest BCUT2D eigenvalue weighted by molar-refractivity contribution is 5.70. The summed E-state index contributed by atoms with van der Waals surface area (Å²) < 4.78 is 9.79. The zero-order valence-corrected chi connectivity index (χ0v) is 7.53. The minimum Gasteiger partial charge on any atom is -0.468 e. The minimum atomic E-state index is -0.408. The van der Waals surface area contributed by atoms with E-state index in [-0.39, 0.29) is 12.4 Å². The lowest BCUT2D eigenvalue weighted by Gasteiger charge is -2.07. The standard InChI is InChI=1S/C9H13NO3/c1-2-12-9(11)6-7(10)8-4-3-5-13-8/h3-5,7H,2,6,10H2,1H3/t7-/m1/s1. The summed E-state index contributed by atoms with van der Waals surface area (Å²) >= 11 is 0. The van der Waals surface area contributed by atoms with Crippen molar-refractivity contribution >= 4 is 5.97 Å². The first-order valence-corrected chi connectivity index (χ1v) is 4.18. The lowest BCUT2D eigenvalue weighted by Crippen LogP contribution is -2.16. The predicted octanol–water partition coefficient (Wildman–Crippen LogP) is 1.23. The number of rotatable bonds is 4. The molecule has 72 valence electrons. The Morgan fingerprint density at radius 3 is 3.08 bits per heavy atom. The molecule has 1 heterocycles. The lowest BCUT2D eigenvalue weighted by molar-refractivity contribution is -0.143. The fourth-order valence-electron chi connectivity index (χ4n) is 1.00. The van der Waals surface area contributed by atoms with Gasteiger partial charge in [-0.15, -0.1) is 0 Å². The Kier molecular flexibility index (Phi) is 3.52. The number of carbonyl (C=O) groups is 1. The van der Waals surface area contributed by atoms with Gasteiger partial charge in [0.25, 0.3) is 0 Å². The van der Waals surface area contributed by atoms with Gasteiger partial charge in [0.15, 0.2) is 0 Å². The van der Waals surface area contributed by atoms with Crippen molar-refractivity contribution in [3.8, 4) is 0 Å². The van der Waals surface area contributed by atoms with E-state index < -0.39 is 6.04 Å². The molecule has 0 amide bonds. The van der Waals surface area contributed by atoms with Crippen molar-refractivity contribution in [1.82, 2.24) is 0 Å². The molecule has 2 N–H and O–H groups in total. The molecule has 1 atom stereocenters. The van der Waals surface area contributed by atoms with E-state index in [4.69, 9.17) is 14.9 Å². The molecule has 0 aliphatic rings. The third kappa shape index (κ3) is 2.91. The fourth-order valence-corrected chi connectivity index (χ4v) is 1.00. The number of furan rings is 1. The van der Waals surface area contributed by atoms with Crippen LogP contribution in [0.1, 0.15) is 25.1 Å². The van der Waals surface area contributed by atoms with Gasteiger partial charge in [-0.25, -0.2) is 0 Å². The number of esters is 1. The Balaban J connectivity index is 2.42. The van der Waals surface area contributed by atoms with E-state index in [2.05, 4.69) is 0 Å². The van der Waals surface area contributed by atoms with Crippen LogP contribution in [0.25, 0.3) is 0 Å². The van der Waals surface area contributed by atoms with Crippen LogP contribution >= 0.6 is 0 Å². The summed E-state index contributed by atoms with van der Waals surface area (Å²) in [5, 5.41) is 0. The maximum absolute atomic E-state index is 11.0. The molecule has 0 unspecified atom stereocenters. The highest BCUT2D eigenvalue weighted by Crippen LogP contribution is 2.14. The molecule has 0 radical (unpaired) electrons. The summed E-state index contributed by atoms with van der Waals surface area (Å²) in [5.74, 6) is 0.305. The van der Waals surface area contributed by atoms with E-state index in [1.54, 1.807) is 19.1 Å². The summed E-state index contributed by atoms with van der Waals surface area (Å²) in [7, 11) is 0. The van der Waals surface area contributed by atoms with Crippen molar-refractivity contribution in [2.75, 3.05) is 6.61 Å². The second-order valence-electron chi connectivity index (χ2n) is 2.63. The quantitative estimate of drug-likeness (QED) is 0.713. The summed E-state index contributed by atoms with van der Waals surface area (Å²) in [6.07, 6.45) is 1.68. The van der Waals surface area contributed by atoms with Crippen LogP contribution in [0.15, 0.2) is 22.8 Å². The normalized spacial score (nSPS) is 12.5. The first kappa shape index (κ1) is 9.80. The van der Waals surface area contributed by atoms with Crippen molar-refractivity contribution in [2.24, 2.45) is 5.73 Å². The van der Waals surface area contributed by atoms with Gasteiger partial charge in [0.1, 0.15) is 5.76 Å². The third-order valence-electron chi connectivity index (χ3n) is 1.60. The van der Waals surface area contributed by atoms with Crippen molar-refractivity contribution in [1.29, 1.82) is 0 Å². The van der Waals surface area contributed by atoms with Crippen molar-refractivity contribution < 1.29 is 13.9 Å². The van der Waals surface area contributed by atoms with Crippen LogP contribution in [-0.2, 0) is 9.53 Å². The zero-order valence-electron chi connectivity index (χ0n) is 7.53. The summed E-state index contributed by atoms with van der Waals surface area (Å²) in [5.41, 5.74) is 5.68. The van der Waals surface area contributed by atoms with E-state index in [9.17, 15) is 4.79 Å². The molecule has 1 aromatic heterocycles. The van der Waals surface area contributed by atoms with Gasteiger partial charge in [0.2, 0.25) is 0 Å². The topological polar surface area (TPSA) is 65.5 Å². The molecule has 0 saturated carbocycles. The monoisotopic (exact) mass is 183 g/mol. The summed E-state index contributed by atoms with van der Waals surface area (Å²) in [6.45, 7) is 2.14. The average Bonchev–Trinajstić information content (AvgIpc) is 2.55.